The average Bonchev–Trinajstić information content (AvgIpc) is 2.50. The second kappa shape index (κ2) is 6.87. The first kappa shape index (κ1) is 15.7. The monoisotopic (exact) mass is 320 g/mol. The summed E-state index contributed by atoms with van der Waals surface area (Å²) >= 11 is 7.57. The molecule has 2 rings (SSSR count). The molecule has 0 aliphatic carbocycles. The van der Waals surface area contributed by atoms with Gasteiger partial charge in [0.1, 0.15) is 0 Å². The van der Waals surface area contributed by atoms with Gasteiger partial charge in [-0.15, -0.1) is 11.8 Å². The lowest BCUT2D eigenvalue weighted by Gasteiger charge is -2.18. The summed E-state index contributed by atoms with van der Waals surface area (Å²) in [5.74, 6) is -0.0766. The van der Waals surface area contributed by atoms with Crippen molar-refractivity contribution in [3.05, 3.63) is 58.6 Å². The number of hydrogen-bond donors (Lipinski definition) is 1. The van der Waals surface area contributed by atoms with E-state index in [-0.39, 0.29) is 5.91 Å². The third kappa shape index (κ3) is 3.93. The molecular formula is C16H17ClN2OS. The average molecular weight is 321 g/mol. The van der Waals surface area contributed by atoms with Gasteiger partial charge in [-0.3, -0.25) is 4.79 Å². The highest BCUT2D eigenvalue weighted by molar-refractivity contribution is 7.98. The maximum absolute atomic E-state index is 12.4. The molecule has 0 saturated heterocycles. The highest BCUT2D eigenvalue weighted by atomic mass is 35.5. The van der Waals surface area contributed by atoms with Crippen molar-refractivity contribution in [2.24, 2.45) is 0 Å². The maximum atomic E-state index is 12.4. The lowest BCUT2D eigenvalue weighted by atomic mass is 10.1. The molecule has 0 unspecified atom stereocenters. The smallest absolute Gasteiger partial charge is 0.253 e. The number of nitrogen functional groups attached to an aromatic ring is 1. The van der Waals surface area contributed by atoms with Crippen LogP contribution in [-0.4, -0.2) is 24.1 Å². The molecule has 0 heterocycles. The Labute approximate surface area is 134 Å². The summed E-state index contributed by atoms with van der Waals surface area (Å²) in [4.78, 5) is 15.2. The Bertz CT molecular complexity index is 643. The van der Waals surface area contributed by atoms with E-state index in [4.69, 9.17) is 17.3 Å². The molecule has 21 heavy (non-hydrogen) atoms. The fourth-order valence-corrected chi connectivity index (χ4v) is 2.50. The molecule has 3 nitrogen and oxygen atoms in total. The standard InChI is InChI=1S/C16H17ClN2OS/c1-19(10-11-3-6-13(21-2)7-4-11)16(20)12-5-8-14(17)15(18)9-12/h3-9H,10,18H2,1-2H3. The summed E-state index contributed by atoms with van der Waals surface area (Å²) in [6.45, 7) is 0.552. The molecule has 0 aromatic heterocycles. The zero-order valence-electron chi connectivity index (χ0n) is 12.0. The molecule has 2 N–H and O–H groups in total. The van der Waals surface area contributed by atoms with Gasteiger partial charge in [0.2, 0.25) is 0 Å². The van der Waals surface area contributed by atoms with Gasteiger partial charge >= 0.3 is 0 Å². The van der Waals surface area contributed by atoms with Gasteiger partial charge in [-0.2, -0.15) is 0 Å². The van der Waals surface area contributed by atoms with Crippen LogP contribution in [0.4, 0.5) is 5.69 Å². The van der Waals surface area contributed by atoms with E-state index in [9.17, 15) is 4.79 Å². The first-order chi connectivity index (χ1) is 10.0. The van der Waals surface area contributed by atoms with Crippen molar-refractivity contribution >= 4 is 35.0 Å². The SMILES string of the molecule is CSc1ccc(CN(C)C(=O)c2ccc(Cl)c(N)c2)cc1. The van der Waals surface area contributed by atoms with E-state index in [0.717, 1.165) is 5.56 Å². The van der Waals surface area contributed by atoms with E-state index in [1.54, 1.807) is 41.9 Å². The van der Waals surface area contributed by atoms with Crippen molar-refractivity contribution < 1.29 is 4.79 Å². The largest absolute Gasteiger partial charge is 0.398 e. The van der Waals surface area contributed by atoms with E-state index in [1.165, 1.54) is 4.90 Å². The molecule has 0 bridgehead atoms. The molecule has 1 amide bonds. The van der Waals surface area contributed by atoms with Crippen LogP contribution >= 0.6 is 23.4 Å². The number of carbonyl (C=O) groups is 1. The zero-order valence-corrected chi connectivity index (χ0v) is 13.5. The molecule has 0 atom stereocenters. The van der Waals surface area contributed by atoms with Crippen molar-refractivity contribution in [2.45, 2.75) is 11.4 Å². The molecule has 0 aliphatic rings. The highest BCUT2D eigenvalue weighted by Gasteiger charge is 2.13. The van der Waals surface area contributed by atoms with Crippen LogP contribution in [0.2, 0.25) is 5.02 Å². The fourth-order valence-electron chi connectivity index (χ4n) is 1.97. The Hall–Kier alpha value is -1.65. The number of benzene rings is 2. The maximum Gasteiger partial charge on any atom is 0.253 e. The van der Waals surface area contributed by atoms with Gasteiger partial charge in [-0.1, -0.05) is 23.7 Å². The minimum atomic E-state index is -0.0766. The summed E-state index contributed by atoms with van der Waals surface area (Å²) in [7, 11) is 1.77. The third-order valence-corrected chi connectivity index (χ3v) is 4.26. The Morgan fingerprint density at radius 2 is 1.90 bits per heavy atom. The second-order valence-corrected chi connectivity index (χ2v) is 6.03. The highest BCUT2D eigenvalue weighted by Crippen LogP contribution is 2.21. The van der Waals surface area contributed by atoms with Crippen LogP contribution in [0.5, 0.6) is 0 Å². The first-order valence-electron chi connectivity index (χ1n) is 6.44. The number of amides is 1. The molecule has 0 aliphatic heterocycles. The van der Waals surface area contributed by atoms with E-state index in [0.29, 0.717) is 22.8 Å². The van der Waals surface area contributed by atoms with Gasteiger partial charge in [-0.05, 0) is 42.2 Å². The van der Waals surface area contributed by atoms with Crippen molar-refractivity contribution in [1.29, 1.82) is 0 Å². The number of nitrogens with two attached hydrogens (primary N) is 1. The summed E-state index contributed by atoms with van der Waals surface area (Å²) < 4.78 is 0. The summed E-state index contributed by atoms with van der Waals surface area (Å²) in [5, 5.41) is 0.460. The molecular weight excluding hydrogens is 304 g/mol. The first-order valence-corrected chi connectivity index (χ1v) is 8.05. The van der Waals surface area contributed by atoms with Crippen LogP contribution in [0, 0.1) is 0 Å². The van der Waals surface area contributed by atoms with E-state index in [2.05, 4.69) is 12.1 Å². The topological polar surface area (TPSA) is 46.3 Å². The molecule has 5 heteroatoms. The Balaban J connectivity index is 2.09. The third-order valence-electron chi connectivity index (χ3n) is 3.17. The van der Waals surface area contributed by atoms with Crippen molar-refractivity contribution in [1.82, 2.24) is 4.90 Å². The number of halogens is 1. The summed E-state index contributed by atoms with van der Waals surface area (Å²) in [6, 6.07) is 13.1. The fraction of sp³-hybridized carbons (Fsp3) is 0.188. The predicted octanol–water partition coefficient (Wildman–Crippen LogP) is 3.92. The Morgan fingerprint density at radius 3 is 2.48 bits per heavy atom. The minimum Gasteiger partial charge on any atom is -0.398 e. The molecule has 0 fully saturated rings. The van der Waals surface area contributed by atoms with Gasteiger partial charge in [-0.25, -0.2) is 0 Å². The lowest BCUT2D eigenvalue weighted by molar-refractivity contribution is 0.0785. The Kier molecular flexibility index (Phi) is 5.15. The van der Waals surface area contributed by atoms with Gasteiger partial charge in [0.05, 0.1) is 10.7 Å². The van der Waals surface area contributed by atoms with Crippen LogP contribution in [0.1, 0.15) is 15.9 Å². The van der Waals surface area contributed by atoms with Crippen LogP contribution in [0.25, 0.3) is 0 Å². The Morgan fingerprint density at radius 1 is 1.24 bits per heavy atom. The molecule has 0 saturated carbocycles. The van der Waals surface area contributed by atoms with Crippen molar-refractivity contribution in [3.8, 4) is 0 Å². The van der Waals surface area contributed by atoms with E-state index < -0.39 is 0 Å². The minimum absolute atomic E-state index is 0.0766. The van der Waals surface area contributed by atoms with Gasteiger partial charge in [0.25, 0.3) is 5.91 Å². The molecule has 0 spiro atoms. The molecule has 110 valence electrons. The number of thioether (sulfide) groups is 1. The van der Waals surface area contributed by atoms with Gasteiger partial charge in [0, 0.05) is 24.1 Å². The second-order valence-electron chi connectivity index (χ2n) is 4.75. The normalized spacial score (nSPS) is 10.4. The number of nitrogens with zero attached hydrogens (tertiary/aromatic N) is 1. The van der Waals surface area contributed by atoms with E-state index in [1.807, 2.05) is 18.4 Å². The molecule has 2 aromatic rings. The quantitative estimate of drug-likeness (QED) is 0.686. The number of hydrogen-bond acceptors (Lipinski definition) is 3. The molecule has 2 aromatic carbocycles. The van der Waals surface area contributed by atoms with Crippen LogP contribution < -0.4 is 5.73 Å². The lowest BCUT2D eigenvalue weighted by Crippen LogP contribution is -2.26. The van der Waals surface area contributed by atoms with Gasteiger partial charge < -0.3 is 10.6 Å². The van der Waals surface area contributed by atoms with Crippen LogP contribution in [0.3, 0.4) is 0 Å². The summed E-state index contributed by atoms with van der Waals surface area (Å²) in [5.41, 5.74) is 7.79. The molecule has 0 radical (unpaired) electrons. The van der Waals surface area contributed by atoms with Crippen molar-refractivity contribution in [3.63, 3.8) is 0 Å². The number of carbonyl (C=O) groups excluding carboxylic acids is 1. The van der Waals surface area contributed by atoms with E-state index >= 15 is 0 Å². The predicted molar refractivity (Wildman–Crippen MR) is 89.9 cm³/mol. The number of anilines is 1. The van der Waals surface area contributed by atoms with Crippen LogP contribution in [0.15, 0.2) is 47.4 Å². The zero-order chi connectivity index (χ0) is 15.4. The van der Waals surface area contributed by atoms with Crippen LogP contribution in [-0.2, 0) is 6.54 Å². The van der Waals surface area contributed by atoms with Crippen molar-refractivity contribution in [2.75, 3.05) is 19.0 Å². The summed E-state index contributed by atoms with van der Waals surface area (Å²) in [6.07, 6.45) is 2.04. The number of rotatable bonds is 4. The van der Waals surface area contributed by atoms with Gasteiger partial charge in [0.15, 0.2) is 0 Å².